The van der Waals surface area contributed by atoms with Crippen LogP contribution in [0.5, 0.6) is 0 Å². The summed E-state index contributed by atoms with van der Waals surface area (Å²) in [5.74, 6) is 1.12. The first-order chi connectivity index (χ1) is 14.3. The van der Waals surface area contributed by atoms with Crippen LogP contribution in [0.25, 0.3) is 0 Å². The van der Waals surface area contributed by atoms with Crippen LogP contribution in [-0.4, -0.2) is 0 Å². The summed E-state index contributed by atoms with van der Waals surface area (Å²) in [4.78, 5) is 0. The van der Waals surface area contributed by atoms with Crippen LogP contribution in [0, 0.1) is 41.2 Å². The molecule has 0 nitrogen and oxygen atoms in total. The number of hydrogen-bond acceptors (Lipinski definition) is 0. The molecule has 0 radical (unpaired) electrons. The van der Waals surface area contributed by atoms with Gasteiger partial charge in [0.05, 0.1) is 0 Å². The highest BCUT2D eigenvalue weighted by Gasteiger charge is 2.40. The molecule has 0 aliphatic heterocycles. The van der Waals surface area contributed by atoms with Crippen molar-refractivity contribution >= 4 is 0 Å². The average molecular weight is 429 g/mol. The molecule has 0 bridgehead atoms. The summed E-state index contributed by atoms with van der Waals surface area (Å²) in [6.07, 6.45) is 8.13. The molecule has 0 N–H and O–H groups in total. The zero-order valence-corrected chi connectivity index (χ0v) is 17.8. The van der Waals surface area contributed by atoms with Crippen LogP contribution in [0.3, 0.4) is 0 Å². The molecule has 5 heteroatoms. The van der Waals surface area contributed by atoms with Crippen molar-refractivity contribution in [3.63, 3.8) is 0 Å². The normalized spacial score (nSPS) is 35.1. The Kier molecular flexibility index (Phi) is 6.46. The van der Waals surface area contributed by atoms with Gasteiger partial charge in [-0.2, -0.15) is 13.2 Å². The molecule has 3 saturated carbocycles. The number of fused-ring (bicyclic) bond motifs is 1. The molecule has 0 aromatic heterocycles. The second-order valence-corrected chi connectivity index (χ2v) is 10.1. The number of alkyl halides is 3. The summed E-state index contributed by atoms with van der Waals surface area (Å²) in [5, 5.41) is 0. The van der Waals surface area contributed by atoms with E-state index in [1.165, 1.54) is 44.9 Å². The lowest BCUT2D eigenvalue weighted by Gasteiger charge is -2.45. The van der Waals surface area contributed by atoms with Crippen molar-refractivity contribution in [2.45, 2.75) is 89.6 Å². The van der Waals surface area contributed by atoms with Crippen molar-refractivity contribution in [2.24, 2.45) is 29.6 Å². The summed E-state index contributed by atoms with van der Waals surface area (Å²) in [7, 11) is 0. The van der Waals surface area contributed by atoms with E-state index in [0.717, 1.165) is 61.5 Å². The Hall–Kier alpha value is -1.13. The lowest BCUT2D eigenvalue weighted by molar-refractivity contribution is -0.142. The van der Waals surface area contributed by atoms with Gasteiger partial charge in [-0.15, -0.1) is 0 Å². The first kappa shape index (κ1) is 22.1. The van der Waals surface area contributed by atoms with Crippen LogP contribution < -0.4 is 0 Å². The molecule has 3 aliphatic rings. The lowest BCUT2D eigenvalue weighted by Crippen LogP contribution is -2.34. The minimum Gasteiger partial charge on any atom is -0.206 e. The fourth-order valence-electron chi connectivity index (χ4n) is 6.84. The van der Waals surface area contributed by atoms with E-state index < -0.39 is 23.4 Å². The van der Waals surface area contributed by atoms with Gasteiger partial charge in [0.2, 0.25) is 0 Å². The average Bonchev–Trinajstić information content (AvgIpc) is 2.71. The summed E-state index contributed by atoms with van der Waals surface area (Å²) in [5.41, 5.74) is -1.38. The van der Waals surface area contributed by atoms with Crippen LogP contribution in [0.1, 0.15) is 94.6 Å². The monoisotopic (exact) mass is 428 g/mol. The molecule has 0 amide bonds. The minimum absolute atomic E-state index is 0.0381. The van der Waals surface area contributed by atoms with E-state index in [4.69, 9.17) is 0 Å². The topological polar surface area (TPSA) is 0 Å². The van der Waals surface area contributed by atoms with Gasteiger partial charge in [0.1, 0.15) is 17.2 Å². The Morgan fingerprint density at radius 1 is 0.733 bits per heavy atom. The van der Waals surface area contributed by atoms with Crippen LogP contribution in [-0.2, 0) is 6.18 Å². The summed E-state index contributed by atoms with van der Waals surface area (Å²) < 4.78 is 66.4. The Morgan fingerprint density at radius 3 is 1.80 bits per heavy atom. The fourth-order valence-corrected chi connectivity index (χ4v) is 6.84. The van der Waals surface area contributed by atoms with Gasteiger partial charge in [-0.3, -0.25) is 0 Å². The van der Waals surface area contributed by atoms with Gasteiger partial charge in [0.25, 0.3) is 0 Å². The van der Waals surface area contributed by atoms with E-state index >= 15 is 0 Å². The van der Waals surface area contributed by atoms with Crippen LogP contribution in [0.2, 0.25) is 0 Å². The lowest BCUT2D eigenvalue weighted by atomic mass is 9.60. The maximum absolute atomic E-state index is 14.0. The van der Waals surface area contributed by atoms with Gasteiger partial charge < -0.3 is 0 Å². The van der Waals surface area contributed by atoms with Crippen molar-refractivity contribution in [1.29, 1.82) is 0 Å². The van der Waals surface area contributed by atoms with Crippen LogP contribution in [0.4, 0.5) is 22.0 Å². The molecule has 0 heterocycles. The zero-order valence-electron chi connectivity index (χ0n) is 17.8. The molecule has 4 rings (SSSR count). The molecule has 30 heavy (non-hydrogen) atoms. The van der Waals surface area contributed by atoms with Gasteiger partial charge in [-0.25, -0.2) is 8.78 Å². The third-order valence-corrected chi connectivity index (χ3v) is 8.60. The number of benzene rings is 1. The highest BCUT2D eigenvalue weighted by Crippen LogP contribution is 2.50. The SMILES string of the molecule is CCC1CCC2CC(C3CCC(c4cc(F)c(C(F)(F)F)c(F)c4)CC3)CCC2C1. The number of rotatable bonds is 3. The highest BCUT2D eigenvalue weighted by atomic mass is 19.4. The quantitative estimate of drug-likeness (QED) is 0.423. The van der Waals surface area contributed by atoms with E-state index in [2.05, 4.69) is 6.92 Å². The van der Waals surface area contributed by atoms with E-state index in [0.29, 0.717) is 11.5 Å². The predicted octanol–water partition coefficient (Wildman–Crippen LogP) is 8.50. The summed E-state index contributed by atoms with van der Waals surface area (Å²) >= 11 is 0. The van der Waals surface area contributed by atoms with Crippen molar-refractivity contribution in [2.75, 3.05) is 0 Å². The molecule has 1 aromatic rings. The largest absolute Gasteiger partial charge is 0.422 e. The van der Waals surface area contributed by atoms with Crippen molar-refractivity contribution in [1.82, 2.24) is 0 Å². The van der Waals surface area contributed by atoms with Gasteiger partial charge in [0.15, 0.2) is 0 Å². The Labute approximate surface area is 176 Å². The maximum atomic E-state index is 14.0. The smallest absolute Gasteiger partial charge is 0.206 e. The Bertz CT molecular complexity index is 709. The van der Waals surface area contributed by atoms with Gasteiger partial charge in [-0.1, -0.05) is 19.8 Å². The second kappa shape index (κ2) is 8.78. The summed E-state index contributed by atoms with van der Waals surface area (Å²) in [6, 6.07) is 1.82. The maximum Gasteiger partial charge on any atom is 0.422 e. The van der Waals surface area contributed by atoms with E-state index in [1.807, 2.05) is 0 Å². The molecule has 3 fully saturated rings. The van der Waals surface area contributed by atoms with Crippen molar-refractivity contribution in [3.8, 4) is 0 Å². The molecule has 1 aromatic carbocycles. The minimum atomic E-state index is -5.00. The Morgan fingerprint density at radius 2 is 1.23 bits per heavy atom. The molecular weight excluding hydrogens is 395 g/mol. The zero-order chi connectivity index (χ0) is 21.5. The molecule has 168 valence electrons. The van der Waals surface area contributed by atoms with Crippen molar-refractivity contribution < 1.29 is 22.0 Å². The van der Waals surface area contributed by atoms with Crippen LogP contribution >= 0.6 is 0 Å². The van der Waals surface area contributed by atoms with Gasteiger partial charge in [0, 0.05) is 0 Å². The third-order valence-electron chi connectivity index (χ3n) is 8.60. The molecular formula is C25H33F5. The predicted molar refractivity (Wildman–Crippen MR) is 108 cm³/mol. The summed E-state index contributed by atoms with van der Waals surface area (Å²) in [6.45, 7) is 2.31. The first-order valence-corrected chi connectivity index (χ1v) is 11.8. The molecule has 0 saturated heterocycles. The molecule has 3 aliphatic carbocycles. The molecule has 0 spiro atoms. The third kappa shape index (κ3) is 4.55. The van der Waals surface area contributed by atoms with Crippen molar-refractivity contribution in [3.05, 3.63) is 34.9 Å². The van der Waals surface area contributed by atoms with Crippen LogP contribution in [0.15, 0.2) is 12.1 Å². The first-order valence-electron chi connectivity index (χ1n) is 11.8. The standard InChI is InChI=1S/C25H33F5/c1-2-15-3-4-20-12-19(10-9-18(20)11-15)16-5-7-17(8-6-16)21-13-22(26)24(23(27)14-21)25(28,29)30/h13-20H,2-12H2,1H3. The van der Waals surface area contributed by atoms with Gasteiger partial charge in [-0.05, 0) is 111 Å². The molecule has 4 unspecified atom stereocenters. The Balaban J connectivity index is 1.35. The molecule has 4 atom stereocenters. The highest BCUT2D eigenvalue weighted by molar-refractivity contribution is 5.30. The van der Waals surface area contributed by atoms with E-state index in [1.54, 1.807) is 0 Å². The van der Waals surface area contributed by atoms with E-state index in [9.17, 15) is 22.0 Å². The second-order valence-electron chi connectivity index (χ2n) is 10.1. The number of halogens is 5. The van der Waals surface area contributed by atoms with Gasteiger partial charge >= 0.3 is 6.18 Å². The fraction of sp³-hybridized carbons (Fsp3) is 0.760. The number of hydrogen-bond donors (Lipinski definition) is 0. The van der Waals surface area contributed by atoms with E-state index in [-0.39, 0.29) is 5.92 Å².